The molecule has 0 bridgehead atoms. The van der Waals surface area contributed by atoms with Crippen LogP contribution in [0.15, 0.2) is 30.3 Å². The second-order valence-electron chi connectivity index (χ2n) is 6.78. The largest absolute Gasteiger partial charge is 0.388 e. The summed E-state index contributed by atoms with van der Waals surface area (Å²) in [6, 6.07) is 9.21. The smallest absolute Gasteiger partial charge is 0.224 e. The topological polar surface area (TPSA) is 100 Å². The third-order valence-electron chi connectivity index (χ3n) is 4.90. The SMILES string of the molecule is Cn1c(CO)nnc1[C@H]1CCCN(C(=O)CCC(=O)Nc2ccccc2)C1. The molecule has 0 radical (unpaired) electrons. The number of carbonyl (C=O) groups excluding carboxylic acids is 2. The first-order valence-electron chi connectivity index (χ1n) is 9.20. The molecule has 0 aliphatic carbocycles. The zero-order chi connectivity index (χ0) is 19.2. The molecule has 1 fully saturated rings. The number of aliphatic hydroxyl groups excluding tert-OH is 1. The molecule has 2 aromatic rings. The zero-order valence-electron chi connectivity index (χ0n) is 15.5. The number of aromatic nitrogens is 3. The summed E-state index contributed by atoms with van der Waals surface area (Å²) in [5.74, 6) is 1.22. The molecule has 144 valence electrons. The fraction of sp³-hybridized carbons (Fsp3) is 0.474. The van der Waals surface area contributed by atoms with Crippen molar-refractivity contribution in [3.8, 4) is 0 Å². The van der Waals surface area contributed by atoms with Crippen molar-refractivity contribution in [2.45, 2.75) is 38.2 Å². The van der Waals surface area contributed by atoms with Gasteiger partial charge in [0.1, 0.15) is 12.4 Å². The molecule has 0 spiro atoms. The second kappa shape index (κ2) is 8.77. The van der Waals surface area contributed by atoms with Gasteiger partial charge in [0, 0.05) is 44.6 Å². The number of benzene rings is 1. The monoisotopic (exact) mass is 371 g/mol. The van der Waals surface area contributed by atoms with Crippen molar-refractivity contribution in [3.05, 3.63) is 42.0 Å². The van der Waals surface area contributed by atoms with E-state index in [0.29, 0.717) is 18.9 Å². The number of amides is 2. The molecule has 2 heterocycles. The molecule has 8 heteroatoms. The molecule has 1 aliphatic heterocycles. The van der Waals surface area contributed by atoms with Crippen molar-refractivity contribution >= 4 is 17.5 Å². The number of likely N-dealkylation sites (tertiary alicyclic amines) is 1. The fourth-order valence-corrected chi connectivity index (χ4v) is 3.41. The van der Waals surface area contributed by atoms with Crippen LogP contribution in [-0.4, -0.2) is 49.7 Å². The molecule has 1 aromatic carbocycles. The Bertz CT molecular complexity index is 790. The Morgan fingerprint density at radius 2 is 2.00 bits per heavy atom. The Morgan fingerprint density at radius 1 is 1.22 bits per heavy atom. The van der Waals surface area contributed by atoms with E-state index < -0.39 is 0 Å². The van der Waals surface area contributed by atoms with E-state index in [4.69, 9.17) is 0 Å². The van der Waals surface area contributed by atoms with E-state index >= 15 is 0 Å². The lowest BCUT2D eigenvalue weighted by molar-refractivity contribution is -0.134. The molecule has 0 unspecified atom stereocenters. The summed E-state index contributed by atoms with van der Waals surface area (Å²) in [6.45, 7) is 1.10. The van der Waals surface area contributed by atoms with Crippen molar-refractivity contribution in [2.75, 3.05) is 18.4 Å². The van der Waals surface area contributed by atoms with Crippen LogP contribution in [0.4, 0.5) is 5.69 Å². The number of piperidine rings is 1. The highest BCUT2D eigenvalue weighted by Gasteiger charge is 2.28. The number of hydrogen-bond donors (Lipinski definition) is 2. The maximum atomic E-state index is 12.5. The van der Waals surface area contributed by atoms with Gasteiger partial charge in [0.2, 0.25) is 11.8 Å². The van der Waals surface area contributed by atoms with Gasteiger partial charge in [0.25, 0.3) is 0 Å². The number of carbonyl (C=O) groups is 2. The molecule has 1 atom stereocenters. The maximum absolute atomic E-state index is 12.5. The van der Waals surface area contributed by atoms with Crippen molar-refractivity contribution < 1.29 is 14.7 Å². The minimum absolute atomic E-state index is 0.0209. The van der Waals surface area contributed by atoms with E-state index in [0.717, 1.165) is 24.4 Å². The number of hydrogen-bond acceptors (Lipinski definition) is 5. The summed E-state index contributed by atoms with van der Waals surface area (Å²) in [7, 11) is 1.83. The number of nitrogens with zero attached hydrogens (tertiary/aromatic N) is 4. The van der Waals surface area contributed by atoms with Crippen molar-refractivity contribution in [2.24, 2.45) is 7.05 Å². The standard InChI is InChI=1S/C19H25N5O3/c1-23-16(13-25)21-22-19(23)14-6-5-11-24(12-14)18(27)10-9-17(26)20-15-7-3-2-4-8-15/h2-4,7-8,14,25H,5-6,9-13H2,1H3,(H,20,26)/t14-/m0/s1. The van der Waals surface area contributed by atoms with Gasteiger partial charge in [-0.3, -0.25) is 9.59 Å². The quantitative estimate of drug-likeness (QED) is 0.800. The minimum Gasteiger partial charge on any atom is -0.388 e. The average molecular weight is 371 g/mol. The molecule has 0 saturated carbocycles. The third kappa shape index (κ3) is 4.71. The van der Waals surface area contributed by atoms with Gasteiger partial charge in [0.05, 0.1) is 0 Å². The van der Waals surface area contributed by atoms with Crippen LogP contribution in [0.25, 0.3) is 0 Å². The van der Waals surface area contributed by atoms with Crippen LogP contribution in [0.3, 0.4) is 0 Å². The van der Waals surface area contributed by atoms with E-state index in [1.807, 2.05) is 37.4 Å². The summed E-state index contributed by atoms with van der Waals surface area (Å²) in [5, 5.41) is 20.2. The van der Waals surface area contributed by atoms with Crippen LogP contribution in [0.1, 0.15) is 43.3 Å². The molecule has 1 aromatic heterocycles. The molecular weight excluding hydrogens is 346 g/mol. The van der Waals surface area contributed by atoms with Gasteiger partial charge in [-0.05, 0) is 25.0 Å². The Hall–Kier alpha value is -2.74. The number of para-hydroxylation sites is 1. The summed E-state index contributed by atoms with van der Waals surface area (Å²) < 4.78 is 1.80. The van der Waals surface area contributed by atoms with Gasteiger partial charge in [-0.25, -0.2) is 0 Å². The van der Waals surface area contributed by atoms with E-state index in [9.17, 15) is 14.7 Å². The molecule has 8 nitrogen and oxygen atoms in total. The van der Waals surface area contributed by atoms with Gasteiger partial charge in [-0.1, -0.05) is 18.2 Å². The van der Waals surface area contributed by atoms with Crippen LogP contribution < -0.4 is 5.32 Å². The van der Waals surface area contributed by atoms with Crippen molar-refractivity contribution in [1.82, 2.24) is 19.7 Å². The summed E-state index contributed by atoms with van der Waals surface area (Å²) in [6.07, 6.45) is 2.16. The number of anilines is 1. The summed E-state index contributed by atoms with van der Waals surface area (Å²) >= 11 is 0. The highest BCUT2D eigenvalue weighted by molar-refractivity contribution is 5.93. The van der Waals surface area contributed by atoms with Crippen LogP contribution in [0.2, 0.25) is 0 Å². The number of rotatable bonds is 6. The lowest BCUT2D eigenvalue weighted by atomic mass is 9.96. The normalized spacial score (nSPS) is 17.0. The lowest BCUT2D eigenvalue weighted by Crippen LogP contribution is -2.40. The van der Waals surface area contributed by atoms with E-state index in [1.165, 1.54) is 0 Å². The van der Waals surface area contributed by atoms with Crippen molar-refractivity contribution in [3.63, 3.8) is 0 Å². The van der Waals surface area contributed by atoms with E-state index in [-0.39, 0.29) is 37.2 Å². The molecule has 3 rings (SSSR count). The van der Waals surface area contributed by atoms with E-state index in [2.05, 4.69) is 15.5 Å². The average Bonchev–Trinajstić information content (AvgIpc) is 3.07. The summed E-state index contributed by atoms with van der Waals surface area (Å²) in [4.78, 5) is 26.4. The Balaban J connectivity index is 1.52. The molecule has 2 N–H and O–H groups in total. The van der Waals surface area contributed by atoms with Crippen LogP contribution in [0, 0.1) is 0 Å². The van der Waals surface area contributed by atoms with Gasteiger partial charge in [0.15, 0.2) is 5.82 Å². The molecule has 1 aliphatic rings. The zero-order valence-corrected chi connectivity index (χ0v) is 15.5. The highest BCUT2D eigenvalue weighted by atomic mass is 16.3. The first-order valence-corrected chi connectivity index (χ1v) is 9.20. The van der Waals surface area contributed by atoms with Gasteiger partial charge < -0.3 is 19.9 Å². The Morgan fingerprint density at radius 3 is 2.70 bits per heavy atom. The van der Waals surface area contributed by atoms with Gasteiger partial charge >= 0.3 is 0 Å². The highest BCUT2D eigenvalue weighted by Crippen LogP contribution is 2.26. The van der Waals surface area contributed by atoms with Crippen LogP contribution >= 0.6 is 0 Å². The minimum atomic E-state index is -0.163. The van der Waals surface area contributed by atoms with E-state index in [1.54, 1.807) is 9.47 Å². The summed E-state index contributed by atoms with van der Waals surface area (Å²) in [5.41, 5.74) is 0.731. The number of nitrogens with one attached hydrogen (secondary N) is 1. The second-order valence-corrected chi connectivity index (χ2v) is 6.78. The molecule has 27 heavy (non-hydrogen) atoms. The third-order valence-corrected chi connectivity index (χ3v) is 4.90. The maximum Gasteiger partial charge on any atom is 0.224 e. The molecular formula is C19H25N5O3. The van der Waals surface area contributed by atoms with Crippen LogP contribution in [0.5, 0.6) is 0 Å². The van der Waals surface area contributed by atoms with Gasteiger partial charge in [-0.15, -0.1) is 10.2 Å². The van der Waals surface area contributed by atoms with Gasteiger partial charge in [-0.2, -0.15) is 0 Å². The van der Waals surface area contributed by atoms with Crippen molar-refractivity contribution in [1.29, 1.82) is 0 Å². The first kappa shape index (κ1) is 19.0. The fourth-order valence-electron chi connectivity index (χ4n) is 3.41. The first-order chi connectivity index (χ1) is 13.1. The Labute approximate surface area is 158 Å². The lowest BCUT2D eigenvalue weighted by Gasteiger charge is -2.32. The Kier molecular flexibility index (Phi) is 6.18. The van der Waals surface area contributed by atoms with Crippen LogP contribution in [-0.2, 0) is 23.2 Å². The molecule has 2 amide bonds. The molecule has 1 saturated heterocycles. The number of aliphatic hydroxyl groups is 1. The predicted octanol–water partition coefficient (Wildman–Crippen LogP) is 1.43. The predicted molar refractivity (Wildman–Crippen MR) is 99.8 cm³/mol.